The third-order valence-electron chi connectivity index (χ3n) is 3.83. The summed E-state index contributed by atoms with van der Waals surface area (Å²) >= 11 is 0. The molecule has 0 amide bonds. The molecule has 2 aromatic carbocycles. The molecule has 0 saturated carbocycles. The Morgan fingerprint density at radius 2 is 1.81 bits per heavy atom. The molecule has 1 aromatic heterocycles. The lowest BCUT2D eigenvalue weighted by molar-refractivity contribution is -0.148. The van der Waals surface area contributed by atoms with Gasteiger partial charge in [0.1, 0.15) is 11.6 Å². The Morgan fingerprint density at radius 3 is 2.48 bits per heavy atom. The number of rotatable bonds is 7. The van der Waals surface area contributed by atoms with E-state index in [0.717, 1.165) is 5.56 Å². The normalized spacial score (nSPS) is 10.8. The van der Waals surface area contributed by atoms with Crippen LogP contribution in [-0.2, 0) is 16.1 Å². The zero-order valence-electron chi connectivity index (χ0n) is 15.0. The van der Waals surface area contributed by atoms with Crippen molar-refractivity contribution in [3.8, 4) is 17.1 Å². The summed E-state index contributed by atoms with van der Waals surface area (Å²) in [4.78, 5) is 15.9. The molecule has 1 heterocycles. The predicted molar refractivity (Wildman–Crippen MR) is 95.5 cm³/mol. The average molecular weight is 370 g/mol. The van der Waals surface area contributed by atoms with Crippen molar-refractivity contribution in [1.29, 1.82) is 0 Å². The molecule has 3 aromatic rings. The molecule has 140 valence electrons. The van der Waals surface area contributed by atoms with Gasteiger partial charge in [-0.25, -0.2) is 9.18 Å². The number of halogens is 1. The fraction of sp³-hybridized carbons (Fsp3) is 0.250. The molecule has 3 rings (SSSR count). The number of esters is 1. The molecule has 0 N–H and O–H groups in total. The minimum absolute atomic E-state index is 0.150. The fourth-order valence-corrected chi connectivity index (χ4v) is 2.30. The Morgan fingerprint density at radius 1 is 1.11 bits per heavy atom. The van der Waals surface area contributed by atoms with E-state index >= 15 is 0 Å². The second kappa shape index (κ2) is 8.44. The summed E-state index contributed by atoms with van der Waals surface area (Å²) in [6, 6.07) is 13.2. The van der Waals surface area contributed by atoms with Gasteiger partial charge in [-0.2, -0.15) is 4.98 Å². The topological polar surface area (TPSA) is 74.5 Å². The average Bonchev–Trinajstić information content (AvgIpc) is 3.15. The number of aromatic nitrogens is 2. The van der Waals surface area contributed by atoms with Gasteiger partial charge >= 0.3 is 5.97 Å². The molecule has 0 saturated heterocycles. The number of nitrogens with zero attached hydrogens (tertiary/aromatic N) is 2. The summed E-state index contributed by atoms with van der Waals surface area (Å²) in [6.07, 6.45) is 0. The zero-order chi connectivity index (χ0) is 19.2. The van der Waals surface area contributed by atoms with Crippen molar-refractivity contribution in [3.05, 3.63) is 65.8 Å². The van der Waals surface area contributed by atoms with Crippen LogP contribution < -0.4 is 4.74 Å². The Labute approximate surface area is 155 Å². The first-order valence-electron chi connectivity index (χ1n) is 8.48. The van der Waals surface area contributed by atoms with Gasteiger partial charge in [-0.3, -0.25) is 0 Å². The first kappa shape index (κ1) is 18.6. The number of carbonyl (C=O) groups excluding carboxylic acids is 1. The van der Waals surface area contributed by atoms with Gasteiger partial charge in [0.15, 0.2) is 13.2 Å². The highest BCUT2D eigenvalue weighted by Gasteiger charge is 2.12. The molecule has 6 nitrogen and oxygen atoms in total. The quantitative estimate of drug-likeness (QED) is 0.583. The van der Waals surface area contributed by atoms with Crippen molar-refractivity contribution < 1.29 is 23.2 Å². The number of carbonyl (C=O) groups is 1. The van der Waals surface area contributed by atoms with E-state index in [1.165, 1.54) is 29.8 Å². The number of benzene rings is 2. The summed E-state index contributed by atoms with van der Waals surface area (Å²) in [7, 11) is 0. The van der Waals surface area contributed by atoms with Gasteiger partial charge in [-0.15, -0.1) is 0 Å². The zero-order valence-corrected chi connectivity index (χ0v) is 15.0. The number of hydrogen-bond donors (Lipinski definition) is 0. The first-order valence-corrected chi connectivity index (χ1v) is 8.48. The van der Waals surface area contributed by atoms with Crippen LogP contribution in [0.5, 0.6) is 5.75 Å². The van der Waals surface area contributed by atoms with Gasteiger partial charge in [0.05, 0.1) is 0 Å². The van der Waals surface area contributed by atoms with Crippen LogP contribution in [0.2, 0.25) is 0 Å². The second-order valence-corrected chi connectivity index (χ2v) is 6.19. The monoisotopic (exact) mass is 370 g/mol. The number of ether oxygens (including phenoxy) is 2. The van der Waals surface area contributed by atoms with Gasteiger partial charge in [-0.05, 0) is 35.7 Å². The van der Waals surface area contributed by atoms with Crippen LogP contribution >= 0.6 is 0 Å². The van der Waals surface area contributed by atoms with E-state index in [-0.39, 0.29) is 24.9 Å². The Bertz CT molecular complexity index is 889. The molecule has 0 aliphatic rings. The highest BCUT2D eigenvalue weighted by atomic mass is 19.1. The molecule has 0 unspecified atom stereocenters. The van der Waals surface area contributed by atoms with Gasteiger partial charge in [-0.1, -0.05) is 43.3 Å². The summed E-state index contributed by atoms with van der Waals surface area (Å²) in [6.45, 7) is 3.79. The van der Waals surface area contributed by atoms with Crippen molar-refractivity contribution in [2.75, 3.05) is 6.61 Å². The third-order valence-corrected chi connectivity index (χ3v) is 3.83. The van der Waals surface area contributed by atoms with Crippen molar-refractivity contribution in [2.24, 2.45) is 0 Å². The second-order valence-electron chi connectivity index (χ2n) is 6.19. The Hall–Kier alpha value is -3.22. The first-order chi connectivity index (χ1) is 13.0. The van der Waals surface area contributed by atoms with Crippen LogP contribution in [0.4, 0.5) is 4.39 Å². The van der Waals surface area contributed by atoms with Gasteiger partial charge in [0.2, 0.25) is 5.82 Å². The largest absolute Gasteiger partial charge is 0.482 e. The Balaban J connectivity index is 1.50. The van der Waals surface area contributed by atoms with Gasteiger partial charge < -0.3 is 14.0 Å². The van der Waals surface area contributed by atoms with Crippen LogP contribution in [0.15, 0.2) is 53.1 Å². The molecule has 0 aliphatic heterocycles. The Kier molecular flexibility index (Phi) is 5.80. The highest BCUT2D eigenvalue weighted by Crippen LogP contribution is 2.20. The fourth-order valence-electron chi connectivity index (χ4n) is 2.30. The minimum atomic E-state index is -0.597. The summed E-state index contributed by atoms with van der Waals surface area (Å²) in [5.41, 5.74) is 2.04. The van der Waals surface area contributed by atoms with E-state index in [9.17, 15) is 9.18 Å². The minimum Gasteiger partial charge on any atom is -0.482 e. The smallest absolute Gasteiger partial charge is 0.344 e. The van der Waals surface area contributed by atoms with Crippen LogP contribution in [0.3, 0.4) is 0 Å². The van der Waals surface area contributed by atoms with E-state index < -0.39 is 5.97 Å². The molecule has 0 radical (unpaired) electrons. The summed E-state index contributed by atoms with van der Waals surface area (Å²) in [5, 5.41) is 3.90. The molecule has 0 atom stereocenters. The SMILES string of the molecule is CC(C)c1ccc(-c2noc(COC(=O)COc3ccc(F)cc3)n2)cc1. The van der Waals surface area contributed by atoms with Crippen LogP contribution in [-0.4, -0.2) is 22.7 Å². The molecule has 0 aliphatic carbocycles. The van der Waals surface area contributed by atoms with Crippen LogP contribution in [0, 0.1) is 5.82 Å². The van der Waals surface area contributed by atoms with Crippen molar-refractivity contribution in [1.82, 2.24) is 10.1 Å². The molecule has 0 fully saturated rings. The molecule has 0 bridgehead atoms. The molecule has 0 spiro atoms. The maximum Gasteiger partial charge on any atom is 0.344 e. The maximum absolute atomic E-state index is 12.8. The van der Waals surface area contributed by atoms with Crippen molar-refractivity contribution >= 4 is 5.97 Å². The highest BCUT2D eigenvalue weighted by molar-refractivity contribution is 5.71. The van der Waals surface area contributed by atoms with E-state index in [0.29, 0.717) is 17.5 Å². The molecular weight excluding hydrogens is 351 g/mol. The lowest BCUT2D eigenvalue weighted by atomic mass is 10.0. The van der Waals surface area contributed by atoms with E-state index in [2.05, 4.69) is 24.0 Å². The molecular formula is C20H19FN2O4. The number of hydrogen-bond acceptors (Lipinski definition) is 6. The van der Waals surface area contributed by atoms with Crippen molar-refractivity contribution in [2.45, 2.75) is 26.4 Å². The van der Waals surface area contributed by atoms with Gasteiger partial charge in [0, 0.05) is 5.56 Å². The van der Waals surface area contributed by atoms with Crippen LogP contribution in [0.1, 0.15) is 31.2 Å². The lowest BCUT2D eigenvalue weighted by Gasteiger charge is -2.05. The van der Waals surface area contributed by atoms with E-state index in [1.807, 2.05) is 24.3 Å². The summed E-state index contributed by atoms with van der Waals surface area (Å²) in [5.74, 6) is 0.456. The predicted octanol–water partition coefficient (Wildman–Crippen LogP) is 4.12. The molecule has 7 heteroatoms. The van der Waals surface area contributed by atoms with Gasteiger partial charge in [0.25, 0.3) is 5.89 Å². The third kappa shape index (κ3) is 5.13. The standard InChI is InChI=1S/C20H19FN2O4/c1-13(2)14-3-5-15(6-4-14)20-22-18(27-23-20)11-26-19(24)12-25-17-9-7-16(21)8-10-17/h3-10,13H,11-12H2,1-2H3. The summed E-state index contributed by atoms with van der Waals surface area (Å²) < 4.78 is 28.2. The van der Waals surface area contributed by atoms with Crippen molar-refractivity contribution in [3.63, 3.8) is 0 Å². The van der Waals surface area contributed by atoms with Crippen LogP contribution in [0.25, 0.3) is 11.4 Å². The lowest BCUT2D eigenvalue weighted by Crippen LogP contribution is -2.14. The van der Waals surface area contributed by atoms with E-state index in [1.54, 1.807) is 0 Å². The molecule has 27 heavy (non-hydrogen) atoms. The van der Waals surface area contributed by atoms with E-state index in [4.69, 9.17) is 14.0 Å². The maximum atomic E-state index is 12.8.